The summed E-state index contributed by atoms with van der Waals surface area (Å²) in [6, 6.07) is 16.0. The first-order chi connectivity index (χ1) is 13.2. The van der Waals surface area contributed by atoms with Crippen molar-refractivity contribution in [3.05, 3.63) is 82.9 Å². The molecule has 0 radical (unpaired) electrons. The summed E-state index contributed by atoms with van der Waals surface area (Å²) >= 11 is 0. The van der Waals surface area contributed by atoms with Crippen LogP contribution >= 0.6 is 0 Å². The molecule has 4 rings (SSSR count). The van der Waals surface area contributed by atoms with E-state index in [1.54, 1.807) is 18.5 Å². The van der Waals surface area contributed by atoms with Crippen molar-refractivity contribution in [2.24, 2.45) is 0 Å². The molecule has 2 heterocycles. The van der Waals surface area contributed by atoms with Crippen molar-refractivity contribution < 1.29 is 9.90 Å². The summed E-state index contributed by atoms with van der Waals surface area (Å²) in [6.07, 6.45) is 3.44. The molecule has 4 aromatic rings. The number of hydrogen-bond acceptors (Lipinski definition) is 5. The number of aliphatic hydroxyl groups is 1. The zero-order valence-electron chi connectivity index (χ0n) is 14.2. The van der Waals surface area contributed by atoms with Gasteiger partial charge in [-0.25, -0.2) is 4.98 Å². The number of nitrogens with zero attached hydrogens (tertiary/aromatic N) is 2. The van der Waals surface area contributed by atoms with E-state index in [2.05, 4.69) is 15.0 Å². The molecule has 27 heavy (non-hydrogen) atoms. The molecule has 0 unspecified atom stereocenters. The summed E-state index contributed by atoms with van der Waals surface area (Å²) in [7, 11) is 0. The van der Waals surface area contributed by atoms with Crippen LogP contribution in [0.1, 0.15) is 10.4 Å². The first kappa shape index (κ1) is 16.8. The molecule has 0 aliphatic carbocycles. The smallest absolute Gasteiger partial charge is 0.259 e. The quantitative estimate of drug-likeness (QED) is 0.548. The summed E-state index contributed by atoms with van der Waals surface area (Å²) < 4.78 is 0. The van der Waals surface area contributed by atoms with Gasteiger partial charge < -0.3 is 10.1 Å². The van der Waals surface area contributed by atoms with Crippen LogP contribution in [0.15, 0.2) is 71.8 Å². The Morgan fingerprint density at radius 3 is 2.52 bits per heavy atom. The first-order valence-corrected chi connectivity index (χ1v) is 8.35. The van der Waals surface area contributed by atoms with Crippen LogP contribution in [0.4, 0.5) is 0 Å². The van der Waals surface area contributed by atoms with Crippen LogP contribution in [0.5, 0.6) is 0 Å². The number of ketones is 1. The van der Waals surface area contributed by atoms with Crippen molar-refractivity contribution in [1.29, 1.82) is 0 Å². The Morgan fingerprint density at radius 2 is 1.74 bits per heavy atom. The van der Waals surface area contributed by atoms with E-state index >= 15 is 0 Å². The predicted octanol–water partition coefficient (Wildman–Crippen LogP) is 2.83. The molecule has 0 aliphatic rings. The normalized spacial score (nSPS) is 10.9. The molecule has 0 saturated carbocycles. The van der Waals surface area contributed by atoms with E-state index in [-0.39, 0.29) is 5.56 Å². The van der Waals surface area contributed by atoms with Crippen molar-refractivity contribution in [3.63, 3.8) is 0 Å². The fraction of sp³-hybridized carbons (Fsp3) is 0.0476. The van der Waals surface area contributed by atoms with E-state index in [4.69, 9.17) is 5.11 Å². The number of aromatic nitrogens is 3. The lowest BCUT2D eigenvalue weighted by atomic mass is 10.0. The number of nitrogens with one attached hydrogen (secondary N) is 1. The van der Waals surface area contributed by atoms with Crippen LogP contribution in [0.2, 0.25) is 0 Å². The molecule has 0 atom stereocenters. The van der Waals surface area contributed by atoms with Crippen LogP contribution in [0, 0.1) is 0 Å². The van der Waals surface area contributed by atoms with Gasteiger partial charge in [-0.15, -0.1) is 0 Å². The number of hydrogen-bond donors (Lipinski definition) is 2. The van der Waals surface area contributed by atoms with Crippen molar-refractivity contribution in [2.45, 2.75) is 0 Å². The summed E-state index contributed by atoms with van der Waals surface area (Å²) in [6.45, 7) is -0.588. The molecule has 0 fully saturated rings. The molecule has 2 aromatic heterocycles. The van der Waals surface area contributed by atoms with Crippen LogP contribution in [-0.4, -0.2) is 32.4 Å². The zero-order valence-corrected chi connectivity index (χ0v) is 14.2. The van der Waals surface area contributed by atoms with Crippen LogP contribution in [-0.2, 0) is 0 Å². The Bertz CT molecular complexity index is 1200. The van der Waals surface area contributed by atoms with E-state index in [0.29, 0.717) is 22.3 Å². The number of Topliss-reactive ketones (excluding diaryl/α,β-unsaturated/α-hetero) is 1. The second kappa shape index (κ2) is 6.93. The predicted molar refractivity (Wildman–Crippen MR) is 102 cm³/mol. The summed E-state index contributed by atoms with van der Waals surface area (Å²) in [5, 5.41) is 9.43. The monoisotopic (exact) mass is 357 g/mol. The average molecular weight is 357 g/mol. The topological polar surface area (TPSA) is 95.9 Å². The third-order valence-electron chi connectivity index (χ3n) is 4.32. The fourth-order valence-electron chi connectivity index (χ4n) is 2.93. The number of fused-ring (bicyclic) bond motifs is 1. The number of H-pyrrole nitrogens is 1. The van der Waals surface area contributed by atoms with E-state index in [1.807, 2.05) is 36.4 Å². The van der Waals surface area contributed by atoms with Gasteiger partial charge in [0, 0.05) is 23.5 Å². The van der Waals surface area contributed by atoms with Crippen molar-refractivity contribution in [1.82, 2.24) is 15.0 Å². The number of carbonyl (C=O) groups is 1. The Balaban J connectivity index is 1.84. The molecule has 2 aromatic carbocycles. The Labute approximate surface area is 154 Å². The molecule has 132 valence electrons. The first-order valence-electron chi connectivity index (χ1n) is 8.35. The molecule has 0 bridgehead atoms. The lowest BCUT2D eigenvalue weighted by molar-refractivity contribution is 0.0904. The fourth-order valence-corrected chi connectivity index (χ4v) is 2.93. The van der Waals surface area contributed by atoms with Gasteiger partial charge in [-0.1, -0.05) is 24.3 Å². The summed E-state index contributed by atoms with van der Waals surface area (Å²) in [5.41, 5.74) is 3.17. The van der Waals surface area contributed by atoms with Gasteiger partial charge in [-0.2, -0.15) is 0 Å². The minimum atomic E-state index is -0.588. The highest BCUT2D eigenvalue weighted by Crippen LogP contribution is 2.24. The van der Waals surface area contributed by atoms with Crippen molar-refractivity contribution in [2.75, 3.05) is 6.61 Å². The second-order valence-electron chi connectivity index (χ2n) is 6.04. The van der Waals surface area contributed by atoms with Gasteiger partial charge in [0.2, 0.25) is 0 Å². The van der Waals surface area contributed by atoms with Gasteiger partial charge in [0.25, 0.3) is 5.56 Å². The molecule has 0 spiro atoms. The molecular weight excluding hydrogens is 342 g/mol. The highest BCUT2D eigenvalue weighted by Gasteiger charge is 2.10. The third kappa shape index (κ3) is 3.26. The Kier molecular flexibility index (Phi) is 4.32. The molecule has 6 nitrogen and oxygen atoms in total. The number of aliphatic hydroxyl groups excluding tert-OH is 1. The molecule has 0 amide bonds. The highest BCUT2D eigenvalue weighted by molar-refractivity contribution is 6.00. The number of carbonyl (C=O) groups excluding carboxylic acids is 1. The zero-order chi connectivity index (χ0) is 18.8. The van der Waals surface area contributed by atoms with E-state index < -0.39 is 12.4 Å². The van der Waals surface area contributed by atoms with Gasteiger partial charge in [-0.05, 0) is 41.5 Å². The van der Waals surface area contributed by atoms with E-state index in [9.17, 15) is 9.59 Å². The van der Waals surface area contributed by atoms with Crippen molar-refractivity contribution >= 4 is 16.7 Å². The Morgan fingerprint density at radius 1 is 0.963 bits per heavy atom. The molecule has 0 aliphatic heterocycles. The maximum atomic E-state index is 12.4. The van der Waals surface area contributed by atoms with Gasteiger partial charge in [-0.3, -0.25) is 14.6 Å². The minimum Gasteiger partial charge on any atom is -0.388 e. The average Bonchev–Trinajstić information content (AvgIpc) is 2.73. The lowest BCUT2D eigenvalue weighted by Crippen LogP contribution is -2.11. The second-order valence-corrected chi connectivity index (χ2v) is 6.04. The number of aromatic amines is 1. The number of rotatable bonds is 4. The Hall–Kier alpha value is -3.64. The molecule has 2 N–H and O–H groups in total. The minimum absolute atomic E-state index is 0.285. The van der Waals surface area contributed by atoms with Crippen molar-refractivity contribution in [3.8, 4) is 22.5 Å². The van der Waals surface area contributed by atoms with Crippen LogP contribution in [0.25, 0.3) is 33.4 Å². The van der Waals surface area contributed by atoms with Gasteiger partial charge >= 0.3 is 0 Å². The van der Waals surface area contributed by atoms with Gasteiger partial charge in [0.1, 0.15) is 12.4 Å². The number of benzene rings is 2. The van der Waals surface area contributed by atoms with Gasteiger partial charge in [0.15, 0.2) is 5.78 Å². The largest absolute Gasteiger partial charge is 0.388 e. The third-order valence-corrected chi connectivity index (χ3v) is 4.32. The molecular formula is C21H15N3O3. The van der Waals surface area contributed by atoms with E-state index in [0.717, 1.165) is 16.7 Å². The maximum Gasteiger partial charge on any atom is 0.259 e. The number of pyridine rings is 1. The lowest BCUT2D eigenvalue weighted by Gasteiger charge is -2.07. The summed E-state index contributed by atoms with van der Waals surface area (Å²) in [4.78, 5) is 35.5. The highest BCUT2D eigenvalue weighted by atomic mass is 16.3. The van der Waals surface area contributed by atoms with Crippen LogP contribution in [0.3, 0.4) is 0 Å². The SMILES string of the molecule is O=C(CO)c1ccc2c(=O)[nH]c(-c3cccc(-c4ccncc4)c3)nc2c1. The van der Waals surface area contributed by atoms with E-state index in [1.165, 1.54) is 12.1 Å². The molecule has 6 heteroatoms. The maximum absolute atomic E-state index is 12.4. The standard InChI is InChI=1S/C21H15N3O3/c25-12-19(26)15-4-5-17-18(11-15)23-20(24-21(17)27)16-3-1-2-14(10-16)13-6-8-22-9-7-13/h1-11,25H,12H2,(H,23,24,27). The van der Waals surface area contributed by atoms with Gasteiger partial charge in [0.05, 0.1) is 10.9 Å². The van der Waals surface area contributed by atoms with Crippen LogP contribution < -0.4 is 5.56 Å². The molecule has 0 saturated heterocycles. The summed E-state index contributed by atoms with van der Waals surface area (Å²) in [5.74, 6) is -0.00257.